The van der Waals surface area contributed by atoms with E-state index in [2.05, 4.69) is 0 Å². The maximum absolute atomic E-state index is 12.4. The summed E-state index contributed by atoms with van der Waals surface area (Å²) in [5.74, 6) is -2.55. The van der Waals surface area contributed by atoms with Crippen LogP contribution in [-0.2, 0) is 4.79 Å². The molecule has 2 rings (SSSR count). The number of alkyl halides is 2. The van der Waals surface area contributed by atoms with E-state index in [4.69, 9.17) is 5.11 Å². The van der Waals surface area contributed by atoms with Gasteiger partial charge in [-0.2, -0.15) is 0 Å². The number of carboxylic acid groups (broad SMARTS) is 1. The van der Waals surface area contributed by atoms with Crippen LogP contribution in [0.2, 0.25) is 0 Å². The van der Waals surface area contributed by atoms with Crippen molar-refractivity contribution in [3.63, 3.8) is 0 Å². The van der Waals surface area contributed by atoms with E-state index in [1.165, 1.54) is 12.1 Å². The molecule has 1 aliphatic rings. The molecule has 0 bridgehead atoms. The Morgan fingerprint density at radius 1 is 1.32 bits per heavy atom. The van der Waals surface area contributed by atoms with E-state index in [-0.39, 0.29) is 11.3 Å². The van der Waals surface area contributed by atoms with E-state index in [9.17, 15) is 28.5 Å². The zero-order valence-electron chi connectivity index (χ0n) is 13.2. The smallest absolute Gasteiger partial charge is 0.326 e. The topological polar surface area (TPSA) is 113 Å². The van der Waals surface area contributed by atoms with Crippen molar-refractivity contribution in [2.75, 3.05) is 18.0 Å². The van der Waals surface area contributed by atoms with Gasteiger partial charge in [-0.1, -0.05) is 0 Å². The van der Waals surface area contributed by atoms with Crippen LogP contribution in [0.25, 0.3) is 0 Å². The molecule has 1 aromatic carbocycles. The van der Waals surface area contributed by atoms with E-state index < -0.39 is 35.7 Å². The van der Waals surface area contributed by atoms with Gasteiger partial charge in [-0.15, -0.1) is 0 Å². The summed E-state index contributed by atoms with van der Waals surface area (Å²) in [6.45, 7) is 1.34. The number of carbonyl (C=O) groups excluding carboxylic acids is 1. The van der Waals surface area contributed by atoms with Gasteiger partial charge < -0.3 is 15.3 Å². The Hall–Kier alpha value is -2.78. The molecular weight excluding hydrogens is 340 g/mol. The molecule has 2 N–H and O–H groups in total. The molecular formula is C15H17F2N3O5. The van der Waals surface area contributed by atoms with Crippen LogP contribution in [0.5, 0.6) is 0 Å². The fourth-order valence-electron chi connectivity index (χ4n) is 2.68. The van der Waals surface area contributed by atoms with E-state index in [0.717, 1.165) is 18.9 Å². The first-order chi connectivity index (χ1) is 11.8. The molecule has 0 radical (unpaired) electrons. The Morgan fingerprint density at radius 3 is 2.48 bits per heavy atom. The highest BCUT2D eigenvalue weighted by Crippen LogP contribution is 2.31. The van der Waals surface area contributed by atoms with Gasteiger partial charge in [0.2, 0.25) is 6.43 Å². The van der Waals surface area contributed by atoms with Crippen molar-refractivity contribution in [2.45, 2.75) is 31.7 Å². The van der Waals surface area contributed by atoms with Gasteiger partial charge >= 0.3 is 5.97 Å². The van der Waals surface area contributed by atoms with Crippen LogP contribution < -0.4 is 10.2 Å². The first kappa shape index (κ1) is 18.6. The third kappa shape index (κ3) is 4.61. The average molecular weight is 357 g/mol. The summed E-state index contributed by atoms with van der Waals surface area (Å²) < 4.78 is 24.8. The molecule has 1 amide bonds. The predicted molar refractivity (Wildman–Crippen MR) is 84.1 cm³/mol. The van der Waals surface area contributed by atoms with Crippen molar-refractivity contribution in [1.29, 1.82) is 0 Å². The van der Waals surface area contributed by atoms with E-state index in [1.54, 1.807) is 0 Å². The minimum Gasteiger partial charge on any atom is -0.480 e. The summed E-state index contributed by atoms with van der Waals surface area (Å²) in [6, 6.07) is 1.99. The van der Waals surface area contributed by atoms with Crippen LogP contribution in [-0.4, -0.2) is 47.5 Å². The number of nitro benzene ring substituents is 1. The van der Waals surface area contributed by atoms with Crippen molar-refractivity contribution in [2.24, 2.45) is 0 Å². The van der Waals surface area contributed by atoms with Gasteiger partial charge in [0.1, 0.15) is 11.7 Å². The number of carbonyl (C=O) groups is 2. The van der Waals surface area contributed by atoms with E-state index in [1.807, 2.05) is 10.2 Å². The quantitative estimate of drug-likeness (QED) is 0.570. The third-order valence-electron chi connectivity index (χ3n) is 3.90. The zero-order valence-corrected chi connectivity index (χ0v) is 13.2. The minimum absolute atomic E-state index is 0.157. The number of aliphatic carboxylic acids is 1. The van der Waals surface area contributed by atoms with Gasteiger partial charge in [-0.3, -0.25) is 14.9 Å². The third-order valence-corrected chi connectivity index (χ3v) is 3.90. The van der Waals surface area contributed by atoms with Gasteiger partial charge in [0.25, 0.3) is 11.6 Å². The Kier molecular flexibility index (Phi) is 5.84. The van der Waals surface area contributed by atoms with Crippen molar-refractivity contribution >= 4 is 23.3 Å². The summed E-state index contributed by atoms with van der Waals surface area (Å²) in [5.41, 5.74) is -0.0631. The van der Waals surface area contributed by atoms with E-state index in [0.29, 0.717) is 18.8 Å². The number of hydrogen-bond acceptors (Lipinski definition) is 5. The van der Waals surface area contributed by atoms with Crippen LogP contribution in [0.3, 0.4) is 0 Å². The molecule has 1 unspecified atom stereocenters. The second kappa shape index (κ2) is 7.86. The molecule has 0 spiro atoms. The lowest BCUT2D eigenvalue weighted by Crippen LogP contribution is -2.42. The van der Waals surface area contributed by atoms with Crippen LogP contribution in [0.1, 0.15) is 29.6 Å². The largest absolute Gasteiger partial charge is 0.480 e. The summed E-state index contributed by atoms with van der Waals surface area (Å²) in [7, 11) is 0. The number of nitrogens with one attached hydrogen (secondary N) is 1. The highest BCUT2D eigenvalue weighted by molar-refractivity contribution is 5.97. The highest BCUT2D eigenvalue weighted by atomic mass is 19.3. The number of benzene rings is 1. The number of anilines is 1. The number of hydrogen-bond donors (Lipinski definition) is 2. The van der Waals surface area contributed by atoms with Gasteiger partial charge in [-0.25, -0.2) is 13.6 Å². The zero-order chi connectivity index (χ0) is 18.6. The molecule has 0 aromatic heterocycles. The average Bonchev–Trinajstić information content (AvgIpc) is 3.07. The second-order valence-corrected chi connectivity index (χ2v) is 5.65. The maximum Gasteiger partial charge on any atom is 0.326 e. The van der Waals surface area contributed by atoms with Gasteiger partial charge in [0.15, 0.2) is 0 Å². The second-order valence-electron chi connectivity index (χ2n) is 5.65. The molecule has 136 valence electrons. The van der Waals surface area contributed by atoms with Crippen molar-refractivity contribution in [3.8, 4) is 0 Å². The number of nitro groups is 1. The number of halogens is 2. The van der Waals surface area contributed by atoms with Crippen LogP contribution in [0.15, 0.2) is 18.2 Å². The Bertz CT molecular complexity index is 677. The molecule has 0 saturated carbocycles. The Labute approximate surface area is 141 Å². The Balaban J connectivity index is 2.23. The molecule has 1 aliphatic heterocycles. The molecule has 8 nitrogen and oxygen atoms in total. The van der Waals surface area contributed by atoms with Crippen LogP contribution >= 0.6 is 0 Å². The maximum atomic E-state index is 12.4. The van der Waals surface area contributed by atoms with Crippen molar-refractivity contribution in [1.82, 2.24) is 5.32 Å². The molecule has 1 atom stereocenters. The fourth-order valence-corrected chi connectivity index (χ4v) is 2.68. The highest BCUT2D eigenvalue weighted by Gasteiger charge is 2.27. The first-order valence-corrected chi connectivity index (χ1v) is 7.64. The van der Waals surface area contributed by atoms with Gasteiger partial charge in [0, 0.05) is 31.1 Å². The fraction of sp³-hybridized carbons (Fsp3) is 0.467. The summed E-state index contributed by atoms with van der Waals surface area (Å²) >= 11 is 0. The summed E-state index contributed by atoms with van der Waals surface area (Å²) in [5, 5.41) is 22.1. The monoisotopic (exact) mass is 357 g/mol. The molecule has 1 saturated heterocycles. The van der Waals surface area contributed by atoms with Crippen molar-refractivity contribution < 1.29 is 28.4 Å². The number of amides is 1. The lowest BCUT2D eigenvalue weighted by atomic mass is 10.1. The number of carboxylic acids is 1. The van der Waals surface area contributed by atoms with Gasteiger partial charge in [-0.05, 0) is 25.0 Å². The molecule has 1 aromatic rings. The SMILES string of the molecule is O=C(NC(CC(F)F)C(=O)O)c1ccc(N2CCCC2)c([N+](=O)[O-])c1. The Morgan fingerprint density at radius 2 is 1.96 bits per heavy atom. The normalized spacial score (nSPS) is 15.2. The summed E-state index contributed by atoms with van der Waals surface area (Å²) in [4.78, 5) is 35.5. The minimum atomic E-state index is -2.91. The standard InChI is InChI=1S/C15H17F2N3O5/c16-13(17)8-10(15(22)23)18-14(21)9-3-4-11(12(7-9)20(24)25)19-5-1-2-6-19/h3-4,7,10,13H,1-2,5-6,8H2,(H,18,21)(H,22,23). The van der Waals surface area contributed by atoms with Crippen molar-refractivity contribution in [3.05, 3.63) is 33.9 Å². The van der Waals surface area contributed by atoms with Crippen LogP contribution in [0.4, 0.5) is 20.2 Å². The summed E-state index contributed by atoms with van der Waals surface area (Å²) in [6.07, 6.45) is -2.14. The first-order valence-electron chi connectivity index (χ1n) is 7.64. The van der Waals surface area contributed by atoms with E-state index >= 15 is 0 Å². The lowest BCUT2D eigenvalue weighted by Gasteiger charge is -2.18. The lowest BCUT2D eigenvalue weighted by molar-refractivity contribution is -0.384. The molecule has 10 heteroatoms. The number of rotatable bonds is 7. The number of nitrogens with zero attached hydrogens (tertiary/aromatic N) is 2. The molecule has 1 fully saturated rings. The molecule has 25 heavy (non-hydrogen) atoms. The van der Waals surface area contributed by atoms with Gasteiger partial charge in [0.05, 0.1) is 4.92 Å². The molecule has 0 aliphatic carbocycles. The predicted octanol–water partition coefficient (Wildman–Crippen LogP) is 2.03. The molecule has 1 heterocycles. The van der Waals surface area contributed by atoms with Crippen LogP contribution in [0, 0.1) is 10.1 Å².